The molecular formula is C21H27N3O4. The van der Waals surface area contributed by atoms with Crippen molar-refractivity contribution in [3.63, 3.8) is 0 Å². The van der Waals surface area contributed by atoms with Crippen LogP contribution in [0, 0.1) is 5.92 Å². The fraction of sp³-hybridized carbons (Fsp3) is 0.571. The predicted octanol–water partition coefficient (Wildman–Crippen LogP) is 1.56. The van der Waals surface area contributed by atoms with Crippen LogP contribution in [0.4, 0.5) is 0 Å². The largest absolute Gasteiger partial charge is 0.489 e. The molecule has 3 aliphatic heterocycles. The number of ether oxygens (including phenoxy) is 1. The lowest BCUT2D eigenvalue weighted by Gasteiger charge is -2.35. The minimum atomic E-state index is -0.584. The van der Waals surface area contributed by atoms with Crippen molar-refractivity contribution in [1.29, 1.82) is 0 Å². The average Bonchev–Trinajstić information content (AvgIpc) is 2.97. The summed E-state index contributed by atoms with van der Waals surface area (Å²) in [6, 6.07) is 4.98. The van der Waals surface area contributed by atoms with E-state index in [0.717, 1.165) is 37.4 Å². The van der Waals surface area contributed by atoms with Crippen LogP contribution in [-0.2, 0) is 16.1 Å². The second-order valence-electron chi connectivity index (χ2n) is 8.15. The first-order valence-electron chi connectivity index (χ1n) is 10.1. The van der Waals surface area contributed by atoms with E-state index in [1.165, 1.54) is 0 Å². The number of hydrogen-bond acceptors (Lipinski definition) is 5. The SMILES string of the molecule is CCN1C[C@@H](C)C[C@H](Oc2ccc3c(c2)CN([C@@H]2CCC(=O)NC2=O)C3=O)C1. The molecule has 2 saturated heterocycles. The molecule has 0 unspecified atom stereocenters. The Balaban J connectivity index is 1.46. The topological polar surface area (TPSA) is 79.0 Å². The maximum Gasteiger partial charge on any atom is 0.255 e. The Morgan fingerprint density at radius 1 is 1.21 bits per heavy atom. The van der Waals surface area contributed by atoms with Gasteiger partial charge in [-0.3, -0.25) is 24.6 Å². The molecule has 4 rings (SSSR count). The first-order chi connectivity index (χ1) is 13.4. The van der Waals surface area contributed by atoms with E-state index in [1.807, 2.05) is 12.1 Å². The zero-order valence-corrected chi connectivity index (χ0v) is 16.4. The molecule has 0 bridgehead atoms. The van der Waals surface area contributed by atoms with Gasteiger partial charge in [-0.15, -0.1) is 0 Å². The highest BCUT2D eigenvalue weighted by molar-refractivity contribution is 6.05. The molecule has 0 aliphatic carbocycles. The molecule has 0 spiro atoms. The van der Waals surface area contributed by atoms with Gasteiger partial charge in [0.25, 0.3) is 5.91 Å². The Labute approximate surface area is 165 Å². The van der Waals surface area contributed by atoms with Gasteiger partial charge in [0.15, 0.2) is 0 Å². The van der Waals surface area contributed by atoms with E-state index < -0.39 is 6.04 Å². The second-order valence-corrected chi connectivity index (χ2v) is 8.15. The van der Waals surface area contributed by atoms with Crippen LogP contribution in [0.2, 0.25) is 0 Å². The molecule has 1 N–H and O–H groups in total. The van der Waals surface area contributed by atoms with Crippen molar-refractivity contribution in [2.45, 2.75) is 51.8 Å². The van der Waals surface area contributed by atoms with Gasteiger partial charge in [0.05, 0.1) is 0 Å². The molecule has 3 aliphatic rings. The summed E-state index contributed by atoms with van der Waals surface area (Å²) in [4.78, 5) is 40.3. The second kappa shape index (κ2) is 7.54. The lowest BCUT2D eigenvalue weighted by atomic mass is 9.98. The molecule has 28 heavy (non-hydrogen) atoms. The number of nitrogens with one attached hydrogen (secondary N) is 1. The third-order valence-corrected chi connectivity index (χ3v) is 5.94. The van der Waals surface area contributed by atoms with Crippen LogP contribution in [0.3, 0.4) is 0 Å². The minimum Gasteiger partial charge on any atom is -0.489 e. The number of fused-ring (bicyclic) bond motifs is 1. The zero-order valence-electron chi connectivity index (χ0n) is 16.4. The molecule has 1 aromatic rings. The molecule has 2 fully saturated rings. The fourth-order valence-electron chi connectivity index (χ4n) is 4.56. The van der Waals surface area contributed by atoms with Gasteiger partial charge in [0.1, 0.15) is 17.9 Å². The number of carbonyl (C=O) groups excluding carboxylic acids is 3. The Morgan fingerprint density at radius 2 is 2.04 bits per heavy atom. The van der Waals surface area contributed by atoms with Gasteiger partial charge in [-0.2, -0.15) is 0 Å². The number of benzene rings is 1. The summed E-state index contributed by atoms with van der Waals surface area (Å²) in [5, 5.41) is 2.33. The van der Waals surface area contributed by atoms with Crippen molar-refractivity contribution < 1.29 is 19.1 Å². The molecule has 0 saturated carbocycles. The molecule has 3 heterocycles. The number of nitrogens with zero attached hydrogens (tertiary/aromatic N) is 2. The summed E-state index contributed by atoms with van der Waals surface area (Å²) in [6.07, 6.45) is 1.80. The standard InChI is InChI=1S/C21H27N3O4/c1-3-23-10-13(2)8-16(12-23)28-15-4-5-17-14(9-15)11-24(21(17)27)18-6-7-19(25)22-20(18)26/h4-5,9,13,16,18H,3,6-8,10-12H2,1-2H3,(H,22,25,26)/t13-,16-,18+/m0/s1. The summed E-state index contributed by atoms with van der Waals surface area (Å²) >= 11 is 0. The van der Waals surface area contributed by atoms with Crippen molar-refractivity contribution in [3.05, 3.63) is 29.3 Å². The molecule has 7 nitrogen and oxygen atoms in total. The molecule has 7 heteroatoms. The Morgan fingerprint density at radius 3 is 2.79 bits per heavy atom. The van der Waals surface area contributed by atoms with Gasteiger partial charge in [0.2, 0.25) is 11.8 Å². The van der Waals surface area contributed by atoms with Crippen LogP contribution in [0.25, 0.3) is 0 Å². The van der Waals surface area contributed by atoms with Crippen LogP contribution < -0.4 is 10.1 Å². The highest BCUT2D eigenvalue weighted by Crippen LogP contribution is 2.31. The van der Waals surface area contributed by atoms with Gasteiger partial charge in [-0.05, 0) is 49.1 Å². The highest BCUT2D eigenvalue weighted by Gasteiger charge is 2.39. The number of likely N-dealkylation sites (tertiary alicyclic amines) is 1. The summed E-state index contributed by atoms with van der Waals surface area (Å²) in [7, 11) is 0. The molecule has 3 atom stereocenters. The van der Waals surface area contributed by atoms with E-state index in [-0.39, 0.29) is 30.2 Å². The molecule has 3 amide bonds. The molecule has 0 aromatic heterocycles. The van der Waals surface area contributed by atoms with Crippen molar-refractivity contribution >= 4 is 17.7 Å². The summed E-state index contributed by atoms with van der Waals surface area (Å²) in [5.41, 5.74) is 1.49. The summed E-state index contributed by atoms with van der Waals surface area (Å²) in [6.45, 7) is 7.83. The van der Waals surface area contributed by atoms with Gasteiger partial charge in [0, 0.05) is 31.6 Å². The van der Waals surface area contributed by atoms with Crippen LogP contribution in [0.1, 0.15) is 49.0 Å². The molecule has 0 radical (unpaired) electrons. The number of piperidine rings is 2. The van der Waals surface area contributed by atoms with E-state index in [2.05, 4.69) is 24.1 Å². The number of imide groups is 1. The highest BCUT2D eigenvalue weighted by atomic mass is 16.5. The van der Waals surface area contributed by atoms with E-state index in [9.17, 15) is 14.4 Å². The average molecular weight is 385 g/mol. The number of amides is 3. The first kappa shape index (κ1) is 18.9. The first-order valence-corrected chi connectivity index (χ1v) is 10.1. The number of carbonyl (C=O) groups is 3. The number of rotatable bonds is 4. The molecule has 1 aromatic carbocycles. The van der Waals surface area contributed by atoms with E-state index in [1.54, 1.807) is 11.0 Å². The van der Waals surface area contributed by atoms with Crippen LogP contribution >= 0.6 is 0 Å². The van der Waals surface area contributed by atoms with Crippen molar-refractivity contribution in [1.82, 2.24) is 15.1 Å². The Kier molecular flexibility index (Phi) is 5.10. The minimum absolute atomic E-state index is 0.144. The normalized spacial score (nSPS) is 28.3. The lowest BCUT2D eigenvalue weighted by molar-refractivity contribution is -0.136. The van der Waals surface area contributed by atoms with Crippen molar-refractivity contribution in [2.75, 3.05) is 19.6 Å². The summed E-state index contributed by atoms with van der Waals surface area (Å²) < 4.78 is 6.24. The van der Waals surface area contributed by atoms with Crippen molar-refractivity contribution in [2.24, 2.45) is 5.92 Å². The van der Waals surface area contributed by atoms with Crippen molar-refractivity contribution in [3.8, 4) is 5.75 Å². The molecule has 150 valence electrons. The van der Waals surface area contributed by atoms with Gasteiger partial charge in [-0.1, -0.05) is 13.8 Å². The third-order valence-electron chi connectivity index (χ3n) is 5.94. The lowest BCUT2D eigenvalue weighted by Crippen LogP contribution is -2.52. The fourth-order valence-corrected chi connectivity index (χ4v) is 4.56. The predicted molar refractivity (Wildman–Crippen MR) is 103 cm³/mol. The van der Waals surface area contributed by atoms with Gasteiger partial charge in [-0.25, -0.2) is 0 Å². The number of hydrogen-bond donors (Lipinski definition) is 1. The van der Waals surface area contributed by atoms with Gasteiger partial charge >= 0.3 is 0 Å². The van der Waals surface area contributed by atoms with Gasteiger partial charge < -0.3 is 9.64 Å². The maximum absolute atomic E-state index is 12.8. The quantitative estimate of drug-likeness (QED) is 0.796. The van der Waals surface area contributed by atoms with Crippen LogP contribution in [-0.4, -0.2) is 59.3 Å². The van der Waals surface area contributed by atoms with E-state index >= 15 is 0 Å². The smallest absolute Gasteiger partial charge is 0.255 e. The third kappa shape index (κ3) is 3.63. The Hall–Kier alpha value is -2.41. The molecular weight excluding hydrogens is 358 g/mol. The van der Waals surface area contributed by atoms with E-state index in [4.69, 9.17) is 4.74 Å². The Bertz CT molecular complexity index is 809. The summed E-state index contributed by atoms with van der Waals surface area (Å²) in [5.74, 6) is 0.553. The monoisotopic (exact) mass is 385 g/mol. The number of likely N-dealkylation sites (N-methyl/N-ethyl adjacent to an activating group) is 1. The zero-order chi connectivity index (χ0) is 19.8. The van der Waals surface area contributed by atoms with E-state index in [0.29, 0.717) is 24.4 Å². The maximum atomic E-state index is 12.8. The van der Waals surface area contributed by atoms with Crippen LogP contribution in [0.5, 0.6) is 5.75 Å². The van der Waals surface area contributed by atoms with Crippen LogP contribution in [0.15, 0.2) is 18.2 Å².